The summed E-state index contributed by atoms with van der Waals surface area (Å²) < 4.78 is 0. The zero-order valence-corrected chi connectivity index (χ0v) is 15.6. The van der Waals surface area contributed by atoms with Crippen LogP contribution in [0.25, 0.3) is 11.0 Å². The molecule has 0 saturated carbocycles. The summed E-state index contributed by atoms with van der Waals surface area (Å²) in [6, 6.07) is 6.74. The molecule has 2 saturated heterocycles. The fraction of sp³-hybridized carbons (Fsp3) is 0.579. The van der Waals surface area contributed by atoms with Crippen LogP contribution < -0.4 is 5.32 Å². The first-order valence-corrected chi connectivity index (χ1v) is 10.4. The zero-order valence-electron chi connectivity index (χ0n) is 14.8. The highest BCUT2D eigenvalue weighted by Crippen LogP contribution is 2.24. The van der Waals surface area contributed by atoms with Crippen molar-refractivity contribution in [3.8, 4) is 0 Å². The number of carbonyl (C=O) groups is 1. The number of aryl methyl sites for hydroxylation is 1. The summed E-state index contributed by atoms with van der Waals surface area (Å²) in [5.74, 6) is 3.51. The van der Waals surface area contributed by atoms with Crippen molar-refractivity contribution in [1.29, 1.82) is 0 Å². The number of aromatic nitrogens is 2. The largest absolute Gasteiger partial charge is 0.349 e. The Hall–Kier alpha value is -1.53. The number of nitrogens with one attached hydrogen (secondary N) is 2. The second-order valence-electron chi connectivity index (χ2n) is 7.18. The summed E-state index contributed by atoms with van der Waals surface area (Å²) in [6.45, 7) is 4.15. The third-order valence-corrected chi connectivity index (χ3v) is 6.48. The Morgan fingerprint density at radius 2 is 2.00 bits per heavy atom. The molecule has 25 heavy (non-hydrogen) atoms. The highest BCUT2D eigenvalue weighted by Gasteiger charge is 2.27. The molecule has 1 amide bonds. The van der Waals surface area contributed by atoms with Crippen LogP contribution in [0.15, 0.2) is 18.2 Å². The smallest absolute Gasteiger partial charge is 0.251 e. The molecule has 0 atom stereocenters. The molecule has 2 aromatic rings. The van der Waals surface area contributed by atoms with Gasteiger partial charge < -0.3 is 15.2 Å². The van der Waals surface area contributed by atoms with Gasteiger partial charge in [-0.1, -0.05) is 0 Å². The van der Waals surface area contributed by atoms with Crippen LogP contribution in [-0.4, -0.2) is 57.5 Å². The third kappa shape index (κ3) is 3.85. The molecule has 0 unspecified atom stereocenters. The standard InChI is InChI=1S/C19H26N4OS/c1-13-20-17-3-2-14(12-18(17)21-13)19(24)22-15-4-8-23(9-5-15)16-6-10-25-11-7-16/h2-3,12,15-16H,4-11H2,1H3,(H,20,21)(H,22,24). The molecule has 134 valence electrons. The lowest BCUT2D eigenvalue weighted by Crippen LogP contribution is -2.48. The first-order valence-electron chi connectivity index (χ1n) is 9.28. The fourth-order valence-electron chi connectivity index (χ4n) is 4.01. The highest BCUT2D eigenvalue weighted by molar-refractivity contribution is 7.99. The van der Waals surface area contributed by atoms with E-state index in [1.807, 2.05) is 25.1 Å². The Morgan fingerprint density at radius 1 is 1.24 bits per heavy atom. The number of imidazole rings is 1. The Bertz CT molecular complexity index is 745. The van der Waals surface area contributed by atoms with Crippen molar-refractivity contribution >= 4 is 28.7 Å². The molecule has 1 aromatic carbocycles. The number of carbonyl (C=O) groups excluding carboxylic acids is 1. The second kappa shape index (κ2) is 7.38. The Morgan fingerprint density at radius 3 is 2.76 bits per heavy atom. The van der Waals surface area contributed by atoms with Gasteiger partial charge in [-0.05, 0) is 62.3 Å². The topological polar surface area (TPSA) is 61.0 Å². The molecule has 3 heterocycles. The third-order valence-electron chi connectivity index (χ3n) is 5.43. The number of thioether (sulfide) groups is 1. The van der Waals surface area contributed by atoms with Crippen LogP contribution >= 0.6 is 11.8 Å². The SMILES string of the molecule is Cc1nc2ccc(C(=O)NC3CCN(C4CCSCC4)CC3)cc2[nH]1. The summed E-state index contributed by atoms with van der Waals surface area (Å²) in [5, 5.41) is 3.23. The molecular formula is C19H26N4OS. The van der Waals surface area contributed by atoms with Gasteiger partial charge in [0.2, 0.25) is 0 Å². The number of fused-ring (bicyclic) bond motifs is 1. The van der Waals surface area contributed by atoms with Gasteiger partial charge in [0.25, 0.3) is 5.91 Å². The number of H-pyrrole nitrogens is 1. The van der Waals surface area contributed by atoms with Crippen LogP contribution in [0.1, 0.15) is 41.9 Å². The first-order chi connectivity index (χ1) is 12.2. The minimum absolute atomic E-state index is 0.0293. The Balaban J connectivity index is 1.33. The van der Waals surface area contributed by atoms with Crippen LogP contribution in [0.4, 0.5) is 0 Å². The van der Waals surface area contributed by atoms with Gasteiger partial charge in [0.1, 0.15) is 5.82 Å². The number of aromatic amines is 1. The van der Waals surface area contributed by atoms with Crippen molar-refractivity contribution in [2.45, 2.75) is 44.7 Å². The maximum atomic E-state index is 12.6. The van der Waals surface area contributed by atoms with Crippen LogP contribution in [0.2, 0.25) is 0 Å². The summed E-state index contributed by atoms with van der Waals surface area (Å²) in [7, 11) is 0. The molecular weight excluding hydrogens is 332 g/mol. The molecule has 0 radical (unpaired) electrons. The maximum Gasteiger partial charge on any atom is 0.251 e. The van der Waals surface area contributed by atoms with E-state index in [2.05, 4.69) is 31.9 Å². The van der Waals surface area contributed by atoms with Crippen molar-refractivity contribution in [3.05, 3.63) is 29.6 Å². The molecule has 2 fully saturated rings. The maximum absolute atomic E-state index is 12.6. The molecule has 0 bridgehead atoms. The number of rotatable bonds is 3. The summed E-state index contributed by atoms with van der Waals surface area (Å²) in [5.41, 5.74) is 2.55. The van der Waals surface area contributed by atoms with E-state index in [0.717, 1.165) is 48.8 Å². The number of nitrogens with zero attached hydrogens (tertiary/aromatic N) is 2. The lowest BCUT2D eigenvalue weighted by molar-refractivity contribution is 0.0886. The molecule has 2 N–H and O–H groups in total. The second-order valence-corrected chi connectivity index (χ2v) is 8.41. The van der Waals surface area contributed by atoms with E-state index in [9.17, 15) is 4.79 Å². The molecule has 1 aromatic heterocycles. The van der Waals surface area contributed by atoms with E-state index in [1.165, 1.54) is 24.3 Å². The average molecular weight is 359 g/mol. The molecule has 5 nitrogen and oxygen atoms in total. The molecule has 0 spiro atoms. The molecule has 0 aliphatic carbocycles. The average Bonchev–Trinajstić information content (AvgIpc) is 3.02. The van der Waals surface area contributed by atoms with Crippen molar-refractivity contribution in [2.75, 3.05) is 24.6 Å². The van der Waals surface area contributed by atoms with Gasteiger partial charge in [0, 0.05) is 30.7 Å². The van der Waals surface area contributed by atoms with Crippen LogP contribution in [0.5, 0.6) is 0 Å². The lowest BCUT2D eigenvalue weighted by Gasteiger charge is -2.39. The summed E-state index contributed by atoms with van der Waals surface area (Å²) in [4.78, 5) is 22.8. The number of benzene rings is 1. The fourth-order valence-corrected chi connectivity index (χ4v) is 5.09. The molecule has 4 rings (SSSR count). The number of amides is 1. The van der Waals surface area contributed by atoms with E-state index in [1.54, 1.807) is 0 Å². The molecule has 2 aliphatic heterocycles. The predicted octanol–water partition coefficient (Wildman–Crippen LogP) is 2.96. The van der Waals surface area contributed by atoms with Gasteiger partial charge >= 0.3 is 0 Å². The zero-order chi connectivity index (χ0) is 17.2. The quantitative estimate of drug-likeness (QED) is 0.886. The van der Waals surface area contributed by atoms with Gasteiger partial charge in [0.15, 0.2) is 0 Å². The minimum atomic E-state index is 0.0293. The monoisotopic (exact) mass is 358 g/mol. The van der Waals surface area contributed by atoms with E-state index in [4.69, 9.17) is 0 Å². The number of piperidine rings is 1. The summed E-state index contributed by atoms with van der Waals surface area (Å²) >= 11 is 2.08. The van der Waals surface area contributed by atoms with E-state index < -0.39 is 0 Å². The van der Waals surface area contributed by atoms with E-state index in [0.29, 0.717) is 11.6 Å². The minimum Gasteiger partial charge on any atom is -0.349 e. The molecule has 2 aliphatic rings. The molecule has 6 heteroatoms. The van der Waals surface area contributed by atoms with Crippen LogP contribution in [0, 0.1) is 6.92 Å². The van der Waals surface area contributed by atoms with Crippen molar-refractivity contribution < 1.29 is 4.79 Å². The van der Waals surface area contributed by atoms with Crippen molar-refractivity contribution in [3.63, 3.8) is 0 Å². The van der Waals surface area contributed by atoms with Gasteiger partial charge in [-0.15, -0.1) is 0 Å². The normalized spacial score (nSPS) is 20.8. The van der Waals surface area contributed by atoms with Gasteiger partial charge in [-0.3, -0.25) is 4.79 Å². The summed E-state index contributed by atoms with van der Waals surface area (Å²) in [6.07, 6.45) is 4.76. The predicted molar refractivity (Wildman–Crippen MR) is 103 cm³/mol. The van der Waals surface area contributed by atoms with E-state index >= 15 is 0 Å². The van der Waals surface area contributed by atoms with Gasteiger partial charge in [-0.25, -0.2) is 4.98 Å². The van der Waals surface area contributed by atoms with Gasteiger partial charge in [0.05, 0.1) is 11.0 Å². The van der Waals surface area contributed by atoms with Crippen LogP contribution in [-0.2, 0) is 0 Å². The first kappa shape index (κ1) is 16.9. The van der Waals surface area contributed by atoms with Crippen LogP contribution in [0.3, 0.4) is 0 Å². The van der Waals surface area contributed by atoms with Crippen molar-refractivity contribution in [1.82, 2.24) is 20.2 Å². The Kier molecular flexibility index (Phi) is 4.99. The van der Waals surface area contributed by atoms with Gasteiger partial charge in [-0.2, -0.15) is 11.8 Å². The lowest BCUT2D eigenvalue weighted by atomic mass is 10.0. The highest BCUT2D eigenvalue weighted by atomic mass is 32.2. The number of hydrogen-bond donors (Lipinski definition) is 2. The van der Waals surface area contributed by atoms with E-state index in [-0.39, 0.29) is 5.91 Å². The number of hydrogen-bond acceptors (Lipinski definition) is 4. The Labute approximate surface area is 153 Å². The number of likely N-dealkylation sites (tertiary alicyclic amines) is 1. The van der Waals surface area contributed by atoms with Crippen molar-refractivity contribution in [2.24, 2.45) is 0 Å².